The van der Waals surface area contributed by atoms with Crippen LogP contribution < -0.4 is 10.2 Å². The molecule has 1 aliphatic rings. The summed E-state index contributed by atoms with van der Waals surface area (Å²) in [5.74, 6) is 2.15. The highest BCUT2D eigenvalue weighted by atomic mass is 35.5. The quantitative estimate of drug-likeness (QED) is 0.876. The van der Waals surface area contributed by atoms with Crippen molar-refractivity contribution in [2.75, 3.05) is 23.3 Å². The summed E-state index contributed by atoms with van der Waals surface area (Å²) in [7, 11) is 0. The Balaban J connectivity index is 1.80. The minimum Gasteiger partial charge on any atom is -0.341 e. The first-order valence-electron chi connectivity index (χ1n) is 7.42. The molecule has 1 aliphatic heterocycles. The number of anilines is 3. The molecule has 0 aliphatic carbocycles. The molecule has 6 heteroatoms. The topological polar surface area (TPSA) is 41.1 Å². The van der Waals surface area contributed by atoms with E-state index in [1.54, 1.807) is 12.3 Å². The maximum atomic E-state index is 6.20. The highest BCUT2D eigenvalue weighted by Crippen LogP contribution is 2.31. The first-order chi connectivity index (χ1) is 10.6. The van der Waals surface area contributed by atoms with Crippen LogP contribution in [0.3, 0.4) is 0 Å². The van der Waals surface area contributed by atoms with Gasteiger partial charge in [0.15, 0.2) is 0 Å². The Kier molecular flexibility index (Phi) is 4.69. The second kappa shape index (κ2) is 6.71. The largest absolute Gasteiger partial charge is 0.341 e. The molecule has 0 amide bonds. The molecule has 1 atom stereocenters. The van der Waals surface area contributed by atoms with Gasteiger partial charge in [0, 0.05) is 19.3 Å². The molecule has 1 N–H and O–H groups in total. The minimum absolute atomic E-state index is 0.496. The number of rotatable bonds is 3. The molecule has 2 heterocycles. The van der Waals surface area contributed by atoms with E-state index in [-0.39, 0.29) is 0 Å². The molecule has 3 rings (SSSR count). The summed E-state index contributed by atoms with van der Waals surface area (Å²) in [5, 5.41) is 4.23. The van der Waals surface area contributed by atoms with Crippen molar-refractivity contribution in [3.8, 4) is 0 Å². The Labute approximate surface area is 140 Å². The van der Waals surface area contributed by atoms with Gasteiger partial charge in [-0.15, -0.1) is 0 Å². The molecule has 0 bridgehead atoms. The third-order valence-electron chi connectivity index (χ3n) is 3.80. The SMILES string of the molecule is CC1CCCN(c2nccc(Nc3cccc(Cl)c3Cl)n2)C1. The first-order valence-corrected chi connectivity index (χ1v) is 8.18. The van der Waals surface area contributed by atoms with E-state index in [0.717, 1.165) is 24.7 Å². The fraction of sp³-hybridized carbons (Fsp3) is 0.375. The van der Waals surface area contributed by atoms with Crippen LogP contribution in [0.4, 0.5) is 17.5 Å². The lowest BCUT2D eigenvalue weighted by Gasteiger charge is -2.30. The number of piperidine rings is 1. The van der Waals surface area contributed by atoms with Gasteiger partial charge in [0.2, 0.25) is 5.95 Å². The number of aromatic nitrogens is 2. The van der Waals surface area contributed by atoms with E-state index in [0.29, 0.717) is 21.8 Å². The zero-order valence-corrected chi connectivity index (χ0v) is 13.9. The van der Waals surface area contributed by atoms with Crippen LogP contribution in [0.15, 0.2) is 30.5 Å². The zero-order valence-electron chi connectivity index (χ0n) is 12.4. The summed E-state index contributed by atoms with van der Waals surface area (Å²) >= 11 is 12.2. The van der Waals surface area contributed by atoms with Crippen LogP contribution in [-0.4, -0.2) is 23.1 Å². The molecule has 0 spiro atoms. The van der Waals surface area contributed by atoms with Crippen LogP contribution in [0, 0.1) is 5.92 Å². The van der Waals surface area contributed by atoms with E-state index < -0.39 is 0 Å². The predicted molar refractivity (Wildman–Crippen MR) is 92.4 cm³/mol. The van der Waals surface area contributed by atoms with E-state index in [9.17, 15) is 0 Å². The van der Waals surface area contributed by atoms with Gasteiger partial charge in [0.1, 0.15) is 5.82 Å². The second-order valence-electron chi connectivity index (χ2n) is 5.66. The molecule has 22 heavy (non-hydrogen) atoms. The summed E-state index contributed by atoms with van der Waals surface area (Å²) in [6.45, 7) is 4.27. The van der Waals surface area contributed by atoms with Crippen LogP contribution in [0.2, 0.25) is 10.0 Å². The van der Waals surface area contributed by atoms with Crippen molar-refractivity contribution in [2.45, 2.75) is 19.8 Å². The highest BCUT2D eigenvalue weighted by Gasteiger charge is 2.18. The fourth-order valence-electron chi connectivity index (χ4n) is 2.68. The van der Waals surface area contributed by atoms with Crippen molar-refractivity contribution in [1.82, 2.24) is 9.97 Å². The van der Waals surface area contributed by atoms with Gasteiger partial charge in [-0.3, -0.25) is 0 Å². The molecule has 1 aromatic carbocycles. The van der Waals surface area contributed by atoms with Crippen LogP contribution in [0.25, 0.3) is 0 Å². The molecule has 1 fully saturated rings. The monoisotopic (exact) mass is 336 g/mol. The summed E-state index contributed by atoms with van der Waals surface area (Å²) in [6, 6.07) is 7.31. The van der Waals surface area contributed by atoms with Crippen molar-refractivity contribution in [3.63, 3.8) is 0 Å². The highest BCUT2D eigenvalue weighted by molar-refractivity contribution is 6.43. The van der Waals surface area contributed by atoms with Crippen LogP contribution in [0.1, 0.15) is 19.8 Å². The lowest BCUT2D eigenvalue weighted by atomic mass is 10.0. The number of halogens is 2. The standard InChI is InChI=1S/C16H18Cl2N4/c1-11-4-3-9-22(10-11)16-19-8-7-14(21-16)20-13-6-2-5-12(17)15(13)18/h2,5-8,11H,3-4,9-10H2,1H3,(H,19,20,21). The Morgan fingerprint density at radius 2 is 2.14 bits per heavy atom. The third kappa shape index (κ3) is 3.45. The summed E-state index contributed by atoms with van der Waals surface area (Å²) in [4.78, 5) is 11.2. The maximum Gasteiger partial charge on any atom is 0.227 e. The van der Waals surface area contributed by atoms with Gasteiger partial charge in [-0.25, -0.2) is 4.98 Å². The molecular weight excluding hydrogens is 319 g/mol. The first kappa shape index (κ1) is 15.4. The molecule has 0 saturated carbocycles. The van der Waals surface area contributed by atoms with Crippen molar-refractivity contribution in [3.05, 3.63) is 40.5 Å². The van der Waals surface area contributed by atoms with Gasteiger partial charge in [0.05, 0.1) is 15.7 Å². The Morgan fingerprint density at radius 1 is 1.27 bits per heavy atom. The van der Waals surface area contributed by atoms with E-state index in [2.05, 4.69) is 27.1 Å². The Bertz CT molecular complexity index is 662. The van der Waals surface area contributed by atoms with Gasteiger partial charge in [0.25, 0.3) is 0 Å². The van der Waals surface area contributed by atoms with Gasteiger partial charge in [-0.05, 0) is 37.0 Å². The third-order valence-corrected chi connectivity index (χ3v) is 4.62. The van der Waals surface area contributed by atoms with E-state index in [1.165, 1.54) is 12.8 Å². The summed E-state index contributed by atoms with van der Waals surface area (Å²) in [6.07, 6.45) is 4.22. The average Bonchev–Trinajstić information content (AvgIpc) is 2.52. The minimum atomic E-state index is 0.496. The smallest absolute Gasteiger partial charge is 0.227 e. The van der Waals surface area contributed by atoms with Crippen molar-refractivity contribution < 1.29 is 0 Å². The van der Waals surface area contributed by atoms with Crippen molar-refractivity contribution in [1.29, 1.82) is 0 Å². The van der Waals surface area contributed by atoms with E-state index in [4.69, 9.17) is 23.2 Å². The molecule has 116 valence electrons. The number of nitrogens with zero attached hydrogens (tertiary/aromatic N) is 3. The zero-order chi connectivity index (χ0) is 15.5. The molecule has 1 unspecified atom stereocenters. The summed E-state index contributed by atoms with van der Waals surface area (Å²) < 4.78 is 0. The Morgan fingerprint density at radius 3 is 2.95 bits per heavy atom. The van der Waals surface area contributed by atoms with Crippen LogP contribution in [-0.2, 0) is 0 Å². The number of hydrogen-bond acceptors (Lipinski definition) is 4. The van der Waals surface area contributed by atoms with Crippen molar-refractivity contribution >= 4 is 40.7 Å². The van der Waals surface area contributed by atoms with E-state index >= 15 is 0 Å². The molecule has 1 saturated heterocycles. The predicted octanol–water partition coefficient (Wildman–Crippen LogP) is 4.76. The average molecular weight is 337 g/mol. The van der Waals surface area contributed by atoms with Gasteiger partial charge in [-0.2, -0.15) is 4.98 Å². The molecule has 0 radical (unpaired) electrons. The number of nitrogens with one attached hydrogen (secondary N) is 1. The lowest BCUT2D eigenvalue weighted by molar-refractivity contribution is 0.442. The number of benzene rings is 1. The normalized spacial score (nSPS) is 18.3. The van der Waals surface area contributed by atoms with Gasteiger partial charge in [-0.1, -0.05) is 36.2 Å². The van der Waals surface area contributed by atoms with Gasteiger partial charge >= 0.3 is 0 Å². The maximum absolute atomic E-state index is 6.20. The van der Waals surface area contributed by atoms with Gasteiger partial charge < -0.3 is 10.2 Å². The number of hydrogen-bond donors (Lipinski definition) is 1. The van der Waals surface area contributed by atoms with Crippen LogP contribution in [0.5, 0.6) is 0 Å². The molecular formula is C16H18Cl2N4. The van der Waals surface area contributed by atoms with Crippen molar-refractivity contribution in [2.24, 2.45) is 5.92 Å². The second-order valence-corrected chi connectivity index (χ2v) is 6.45. The molecule has 1 aromatic heterocycles. The molecule has 2 aromatic rings. The fourth-order valence-corrected chi connectivity index (χ4v) is 3.03. The van der Waals surface area contributed by atoms with Crippen LogP contribution >= 0.6 is 23.2 Å². The Hall–Kier alpha value is -1.52. The van der Waals surface area contributed by atoms with E-state index in [1.807, 2.05) is 18.2 Å². The molecule has 4 nitrogen and oxygen atoms in total. The summed E-state index contributed by atoms with van der Waals surface area (Å²) in [5.41, 5.74) is 0.742. The lowest BCUT2D eigenvalue weighted by Crippen LogP contribution is -2.35.